The summed E-state index contributed by atoms with van der Waals surface area (Å²) in [4.78, 5) is 11.4. The summed E-state index contributed by atoms with van der Waals surface area (Å²) in [7, 11) is 0. The molecule has 0 radical (unpaired) electrons. The lowest BCUT2D eigenvalue weighted by molar-refractivity contribution is 0.111. The molecule has 0 heterocycles. The fraction of sp³-hybridized carbons (Fsp3) is 0.0952. The van der Waals surface area contributed by atoms with Gasteiger partial charge in [0.15, 0.2) is 6.29 Å². The number of rotatable bonds is 7. The molecule has 3 aromatic rings. The van der Waals surface area contributed by atoms with E-state index in [4.69, 9.17) is 9.47 Å². The summed E-state index contributed by atoms with van der Waals surface area (Å²) in [6.45, 7) is 0.871. The standard InChI is InChI=1S/C21H17IO3/c22-19-11-18(13-23)20(24-14-16-7-3-1-4-8-16)12-21(19)25-15-17-9-5-2-6-10-17/h1-13H,14-15H2. The molecule has 0 spiro atoms. The van der Waals surface area contributed by atoms with Crippen molar-refractivity contribution in [1.82, 2.24) is 0 Å². The fourth-order valence-electron chi connectivity index (χ4n) is 2.35. The lowest BCUT2D eigenvalue weighted by atomic mass is 10.2. The van der Waals surface area contributed by atoms with E-state index >= 15 is 0 Å². The second kappa shape index (κ2) is 8.67. The number of carbonyl (C=O) groups excluding carboxylic acids is 1. The van der Waals surface area contributed by atoms with Gasteiger partial charge < -0.3 is 9.47 Å². The number of halogens is 1. The molecular formula is C21H17IO3. The first kappa shape index (κ1) is 17.5. The van der Waals surface area contributed by atoms with Crippen LogP contribution in [0.1, 0.15) is 21.5 Å². The zero-order valence-corrected chi connectivity index (χ0v) is 15.7. The SMILES string of the molecule is O=Cc1cc(I)c(OCc2ccccc2)cc1OCc1ccccc1. The lowest BCUT2D eigenvalue weighted by Gasteiger charge is -2.13. The minimum atomic E-state index is 0.403. The maximum atomic E-state index is 11.4. The first-order valence-corrected chi connectivity index (χ1v) is 8.96. The number of benzene rings is 3. The second-order valence-electron chi connectivity index (χ2n) is 5.49. The van der Waals surface area contributed by atoms with E-state index in [2.05, 4.69) is 22.6 Å². The minimum Gasteiger partial charge on any atom is -0.488 e. The Bertz CT molecular complexity index is 833. The molecule has 0 aromatic heterocycles. The summed E-state index contributed by atoms with van der Waals surface area (Å²) in [5.41, 5.74) is 2.65. The van der Waals surface area contributed by atoms with Crippen LogP contribution in [0.5, 0.6) is 11.5 Å². The number of ether oxygens (including phenoxy) is 2. The van der Waals surface area contributed by atoms with Crippen molar-refractivity contribution >= 4 is 28.9 Å². The quantitative estimate of drug-likeness (QED) is 0.369. The molecule has 0 atom stereocenters. The van der Waals surface area contributed by atoms with Crippen LogP contribution in [0.25, 0.3) is 0 Å². The van der Waals surface area contributed by atoms with E-state index in [0.717, 1.165) is 21.0 Å². The zero-order valence-electron chi connectivity index (χ0n) is 13.5. The van der Waals surface area contributed by atoms with Crippen molar-refractivity contribution < 1.29 is 14.3 Å². The highest BCUT2D eigenvalue weighted by atomic mass is 127. The smallest absolute Gasteiger partial charge is 0.153 e. The van der Waals surface area contributed by atoms with Gasteiger partial charge in [0.1, 0.15) is 24.7 Å². The highest BCUT2D eigenvalue weighted by molar-refractivity contribution is 14.1. The van der Waals surface area contributed by atoms with E-state index < -0.39 is 0 Å². The third kappa shape index (κ3) is 4.82. The maximum absolute atomic E-state index is 11.4. The van der Waals surface area contributed by atoms with Crippen LogP contribution in [0, 0.1) is 3.57 Å². The van der Waals surface area contributed by atoms with E-state index in [1.54, 1.807) is 12.1 Å². The lowest BCUT2D eigenvalue weighted by Crippen LogP contribution is -2.02. The molecule has 0 N–H and O–H groups in total. The van der Waals surface area contributed by atoms with Gasteiger partial charge in [0.25, 0.3) is 0 Å². The topological polar surface area (TPSA) is 35.5 Å². The van der Waals surface area contributed by atoms with Gasteiger partial charge in [0.2, 0.25) is 0 Å². The summed E-state index contributed by atoms with van der Waals surface area (Å²) < 4.78 is 12.6. The molecule has 0 aliphatic heterocycles. The summed E-state index contributed by atoms with van der Waals surface area (Å²) in [6, 6.07) is 23.4. The fourth-order valence-corrected chi connectivity index (χ4v) is 3.00. The van der Waals surface area contributed by atoms with E-state index in [9.17, 15) is 4.79 Å². The molecule has 0 aliphatic rings. The van der Waals surface area contributed by atoms with Gasteiger partial charge in [0.05, 0.1) is 9.13 Å². The number of hydrogen-bond acceptors (Lipinski definition) is 3. The molecule has 0 amide bonds. The van der Waals surface area contributed by atoms with Crippen LogP contribution < -0.4 is 9.47 Å². The van der Waals surface area contributed by atoms with Gasteiger partial charge in [-0.2, -0.15) is 0 Å². The number of hydrogen-bond donors (Lipinski definition) is 0. The first-order chi connectivity index (χ1) is 12.3. The van der Waals surface area contributed by atoms with Crippen LogP contribution >= 0.6 is 22.6 Å². The average Bonchev–Trinajstić information content (AvgIpc) is 2.67. The van der Waals surface area contributed by atoms with Crippen molar-refractivity contribution in [3.05, 3.63) is 93.1 Å². The van der Waals surface area contributed by atoms with Gasteiger partial charge in [-0.15, -0.1) is 0 Å². The van der Waals surface area contributed by atoms with Crippen LogP contribution in [0.2, 0.25) is 0 Å². The Hall–Kier alpha value is -2.34. The van der Waals surface area contributed by atoms with E-state index in [1.165, 1.54) is 0 Å². The molecule has 3 rings (SSSR count). The monoisotopic (exact) mass is 444 g/mol. The summed E-state index contributed by atoms with van der Waals surface area (Å²) in [5.74, 6) is 1.24. The molecular weight excluding hydrogens is 427 g/mol. The van der Waals surface area contributed by atoms with Crippen molar-refractivity contribution in [2.24, 2.45) is 0 Å². The van der Waals surface area contributed by atoms with Crippen molar-refractivity contribution in [2.75, 3.05) is 0 Å². The van der Waals surface area contributed by atoms with E-state index in [0.29, 0.717) is 30.3 Å². The predicted octanol–water partition coefficient (Wildman–Crippen LogP) is 5.26. The molecule has 3 aromatic carbocycles. The van der Waals surface area contributed by atoms with Crippen LogP contribution in [0.15, 0.2) is 72.8 Å². The van der Waals surface area contributed by atoms with Crippen LogP contribution in [0.3, 0.4) is 0 Å². The minimum absolute atomic E-state index is 0.403. The number of carbonyl (C=O) groups is 1. The van der Waals surface area contributed by atoms with Crippen LogP contribution in [0.4, 0.5) is 0 Å². The Morgan fingerprint density at radius 1 is 0.760 bits per heavy atom. The number of aldehydes is 1. The average molecular weight is 444 g/mol. The Morgan fingerprint density at radius 2 is 1.28 bits per heavy atom. The molecule has 4 heteroatoms. The van der Waals surface area contributed by atoms with Crippen LogP contribution in [-0.4, -0.2) is 6.29 Å². The van der Waals surface area contributed by atoms with Gasteiger partial charge in [-0.1, -0.05) is 60.7 Å². The molecule has 3 nitrogen and oxygen atoms in total. The van der Waals surface area contributed by atoms with Crippen molar-refractivity contribution in [3.63, 3.8) is 0 Å². The van der Waals surface area contributed by atoms with Crippen LogP contribution in [-0.2, 0) is 13.2 Å². The molecule has 0 unspecified atom stereocenters. The third-order valence-corrected chi connectivity index (χ3v) is 4.51. The van der Waals surface area contributed by atoms with Gasteiger partial charge in [-0.25, -0.2) is 0 Å². The van der Waals surface area contributed by atoms with E-state index in [1.807, 2.05) is 60.7 Å². The molecule has 25 heavy (non-hydrogen) atoms. The molecule has 126 valence electrons. The van der Waals surface area contributed by atoms with Gasteiger partial charge in [0, 0.05) is 6.07 Å². The zero-order chi connectivity index (χ0) is 17.5. The Kier molecular flexibility index (Phi) is 6.06. The second-order valence-corrected chi connectivity index (χ2v) is 6.65. The van der Waals surface area contributed by atoms with E-state index in [-0.39, 0.29) is 0 Å². The largest absolute Gasteiger partial charge is 0.488 e. The highest BCUT2D eigenvalue weighted by Crippen LogP contribution is 2.30. The Labute approximate surface area is 160 Å². The Balaban J connectivity index is 1.76. The molecule has 0 aliphatic carbocycles. The predicted molar refractivity (Wildman–Crippen MR) is 106 cm³/mol. The molecule has 0 bridgehead atoms. The van der Waals surface area contributed by atoms with Gasteiger partial charge >= 0.3 is 0 Å². The normalized spacial score (nSPS) is 10.3. The summed E-state index contributed by atoms with van der Waals surface area (Å²) in [5, 5.41) is 0. The highest BCUT2D eigenvalue weighted by Gasteiger charge is 2.11. The summed E-state index contributed by atoms with van der Waals surface area (Å²) in [6.07, 6.45) is 0.809. The van der Waals surface area contributed by atoms with Crippen molar-refractivity contribution in [3.8, 4) is 11.5 Å². The van der Waals surface area contributed by atoms with Gasteiger partial charge in [-0.3, -0.25) is 4.79 Å². The molecule has 0 fully saturated rings. The third-order valence-electron chi connectivity index (χ3n) is 3.67. The summed E-state index contributed by atoms with van der Waals surface area (Å²) >= 11 is 2.17. The van der Waals surface area contributed by atoms with Gasteiger partial charge in [-0.05, 0) is 39.8 Å². The van der Waals surface area contributed by atoms with Crippen molar-refractivity contribution in [2.45, 2.75) is 13.2 Å². The first-order valence-electron chi connectivity index (χ1n) is 7.88. The van der Waals surface area contributed by atoms with Crippen molar-refractivity contribution in [1.29, 1.82) is 0 Å². The molecule has 0 saturated carbocycles. The maximum Gasteiger partial charge on any atom is 0.153 e. The Morgan fingerprint density at radius 3 is 1.80 bits per heavy atom. The molecule has 0 saturated heterocycles.